The van der Waals surface area contributed by atoms with E-state index in [1.165, 1.54) is 11.1 Å². The average molecular weight is 381 g/mol. The van der Waals surface area contributed by atoms with Crippen LogP contribution in [0.15, 0.2) is 60.7 Å². The molecule has 2 nitrogen and oxygen atoms in total. The van der Waals surface area contributed by atoms with Crippen molar-refractivity contribution in [3.63, 3.8) is 0 Å². The Hall–Kier alpha value is -1.64. The van der Waals surface area contributed by atoms with Gasteiger partial charge in [-0.25, -0.2) is 0 Å². The number of hydrogen-bond acceptors (Lipinski definition) is 2. The SMILES string of the molecule is CC(C)N(C(C)C)[C@H](c1ccccc1)[C@@H](c1ccccc1)N(C(C)C)C(C)C. The summed E-state index contributed by atoms with van der Waals surface area (Å²) in [4.78, 5) is 5.37. The van der Waals surface area contributed by atoms with Crippen molar-refractivity contribution in [3.8, 4) is 0 Å². The molecule has 0 amide bonds. The molecule has 2 aromatic rings. The van der Waals surface area contributed by atoms with Crippen LogP contribution in [-0.4, -0.2) is 34.0 Å². The van der Waals surface area contributed by atoms with Crippen molar-refractivity contribution in [2.45, 2.75) is 91.6 Å². The Bertz CT molecular complexity index is 599. The number of benzene rings is 2. The second kappa shape index (κ2) is 10.2. The highest BCUT2D eigenvalue weighted by Crippen LogP contribution is 2.42. The van der Waals surface area contributed by atoms with E-state index in [0.717, 1.165) is 0 Å². The van der Waals surface area contributed by atoms with Crippen LogP contribution in [0.1, 0.15) is 78.6 Å². The molecule has 0 aliphatic carbocycles. The van der Waals surface area contributed by atoms with Gasteiger partial charge in [0.2, 0.25) is 0 Å². The van der Waals surface area contributed by atoms with Gasteiger partial charge in [-0.1, -0.05) is 60.7 Å². The minimum Gasteiger partial charge on any atom is -0.290 e. The maximum atomic E-state index is 2.69. The van der Waals surface area contributed by atoms with Crippen LogP contribution >= 0.6 is 0 Å². The molecule has 0 saturated heterocycles. The minimum atomic E-state index is 0.286. The van der Waals surface area contributed by atoms with Crippen molar-refractivity contribution in [1.29, 1.82) is 0 Å². The Kier molecular flexibility index (Phi) is 8.27. The Balaban J connectivity index is 2.74. The first kappa shape index (κ1) is 22.6. The molecule has 0 unspecified atom stereocenters. The zero-order valence-corrected chi connectivity index (χ0v) is 19.1. The standard InChI is InChI=1S/C26H40N2/c1-19(2)27(20(3)4)25(23-15-11-9-12-16-23)26(24-17-13-10-14-18-24)28(21(5)6)22(7)8/h9-22,25-26H,1-8H3/t25-,26-/m1/s1. The quantitative estimate of drug-likeness (QED) is 0.477. The van der Waals surface area contributed by atoms with E-state index in [1.807, 2.05) is 0 Å². The van der Waals surface area contributed by atoms with Crippen molar-refractivity contribution in [2.24, 2.45) is 0 Å². The molecule has 0 aliphatic rings. The molecule has 0 N–H and O–H groups in total. The third kappa shape index (κ3) is 5.24. The minimum absolute atomic E-state index is 0.286. The monoisotopic (exact) mass is 380 g/mol. The number of rotatable bonds is 9. The average Bonchev–Trinajstić information content (AvgIpc) is 2.64. The first-order chi connectivity index (χ1) is 13.3. The Morgan fingerprint density at radius 3 is 0.893 bits per heavy atom. The van der Waals surface area contributed by atoms with Gasteiger partial charge in [0.15, 0.2) is 0 Å². The van der Waals surface area contributed by atoms with E-state index >= 15 is 0 Å². The van der Waals surface area contributed by atoms with Crippen molar-refractivity contribution in [1.82, 2.24) is 9.80 Å². The molecule has 2 heteroatoms. The predicted octanol–water partition coefficient (Wildman–Crippen LogP) is 6.71. The molecule has 154 valence electrons. The molecule has 0 bridgehead atoms. The summed E-state index contributed by atoms with van der Waals surface area (Å²) in [5, 5.41) is 0. The van der Waals surface area contributed by atoms with Gasteiger partial charge in [0.25, 0.3) is 0 Å². The van der Waals surface area contributed by atoms with E-state index in [4.69, 9.17) is 0 Å². The predicted molar refractivity (Wildman–Crippen MR) is 123 cm³/mol. The van der Waals surface area contributed by atoms with E-state index in [2.05, 4.69) is 126 Å². The van der Waals surface area contributed by atoms with Crippen LogP contribution in [0.25, 0.3) is 0 Å². The summed E-state index contributed by atoms with van der Waals surface area (Å²) in [6.07, 6.45) is 0. The van der Waals surface area contributed by atoms with Gasteiger partial charge in [-0.3, -0.25) is 9.80 Å². The topological polar surface area (TPSA) is 6.48 Å². The van der Waals surface area contributed by atoms with Gasteiger partial charge in [-0.15, -0.1) is 0 Å². The molecule has 0 aromatic heterocycles. The third-order valence-corrected chi connectivity index (χ3v) is 5.61. The zero-order chi connectivity index (χ0) is 20.8. The fourth-order valence-electron chi connectivity index (χ4n) is 4.81. The Labute approximate surface area is 173 Å². The molecular formula is C26H40N2. The van der Waals surface area contributed by atoms with Crippen LogP contribution in [-0.2, 0) is 0 Å². The normalized spacial score (nSPS) is 14.6. The number of hydrogen-bond donors (Lipinski definition) is 0. The van der Waals surface area contributed by atoms with Crippen molar-refractivity contribution in [3.05, 3.63) is 71.8 Å². The Morgan fingerprint density at radius 1 is 0.429 bits per heavy atom. The smallest absolute Gasteiger partial charge is 0.0550 e. The van der Waals surface area contributed by atoms with Gasteiger partial charge in [-0.2, -0.15) is 0 Å². The van der Waals surface area contributed by atoms with Gasteiger partial charge in [0.05, 0.1) is 12.1 Å². The van der Waals surface area contributed by atoms with E-state index in [-0.39, 0.29) is 12.1 Å². The van der Waals surface area contributed by atoms with Crippen LogP contribution in [0.3, 0.4) is 0 Å². The molecule has 2 atom stereocenters. The highest BCUT2D eigenvalue weighted by molar-refractivity contribution is 5.29. The summed E-state index contributed by atoms with van der Waals surface area (Å²) in [5.74, 6) is 0. The highest BCUT2D eigenvalue weighted by atomic mass is 15.3. The second-order valence-corrected chi connectivity index (χ2v) is 8.98. The first-order valence-corrected chi connectivity index (χ1v) is 10.9. The van der Waals surface area contributed by atoms with Crippen LogP contribution in [0.2, 0.25) is 0 Å². The second-order valence-electron chi connectivity index (χ2n) is 8.98. The van der Waals surface area contributed by atoms with Crippen LogP contribution in [0.5, 0.6) is 0 Å². The summed E-state index contributed by atoms with van der Waals surface area (Å²) >= 11 is 0. The largest absolute Gasteiger partial charge is 0.290 e. The lowest BCUT2D eigenvalue weighted by Crippen LogP contribution is -2.50. The molecule has 0 aliphatic heterocycles. The van der Waals surface area contributed by atoms with Crippen molar-refractivity contribution >= 4 is 0 Å². The first-order valence-electron chi connectivity index (χ1n) is 10.9. The maximum Gasteiger partial charge on any atom is 0.0550 e. The molecule has 0 heterocycles. The summed E-state index contributed by atoms with van der Waals surface area (Å²) < 4.78 is 0. The summed E-state index contributed by atoms with van der Waals surface area (Å²) in [6, 6.07) is 24.6. The maximum absolute atomic E-state index is 2.69. The summed E-state index contributed by atoms with van der Waals surface area (Å²) in [6.45, 7) is 18.6. The molecule has 0 fully saturated rings. The van der Waals surface area contributed by atoms with E-state index in [9.17, 15) is 0 Å². The van der Waals surface area contributed by atoms with Gasteiger partial charge in [0.1, 0.15) is 0 Å². The van der Waals surface area contributed by atoms with E-state index in [0.29, 0.717) is 24.2 Å². The molecule has 0 spiro atoms. The summed E-state index contributed by atoms with van der Waals surface area (Å²) in [5.41, 5.74) is 2.79. The lowest BCUT2D eigenvalue weighted by molar-refractivity contribution is 0.00488. The Morgan fingerprint density at radius 2 is 0.679 bits per heavy atom. The molecule has 2 aromatic carbocycles. The van der Waals surface area contributed by atoms with E-state index in [1.54, 1.807) is 0 Å². The van der Waals surface area contributed by atoms with Crippen LogP contribution < -0.4 is 0 Å². The van der Waals surface area contributed by atoms with Gasteiger partial charge in [0, 0.05) is 24.2 Å². The lowest BCUT2D eigenvalue weighted by atomic mass is 9.87. The molecule has 28 heavy (non-hydrogen) atoms. The highest BCUT2D eigenvalue weighted by Gasteiger charge is 2.38. The van der Waals surface area contributed by atoms with Crippen LogP contribution in [0.4, 0.5) is 0 Å². The summed E-state index contributed by atoms with van der Waals surface area (Å²) in [7, 11) is 0. The fraction of sp³-hybridized carbons (Fsp3) is 0.538. The zero-order valence-electron chi connectivity index (χ0n) is 19.1. The van der Waals surface area contributed by atoms with Crippen molar-refractivity contribution in [2.75, 3.05) is 0 Å². The molecular weight excluding hydrogens is 340 g/mol. The third-order valence-electron chi connectivity index (χ3n) is 5.61. The van der Waals surface area contributed by atoms with Gasteiger partial charge < -0.3 is 0 Å². The van der Waals surface area contributed by atoms with Gasteiger partial charge in [-0.05, 0) is 66.5 Å². The van der Waals surface area contributed by atoms with Gasteiger partial charge >= 0.3 is 0 Å². The molecule has 0 radical (unpaired) electrons. The number of nitrogens with zero attached hydrogens (tertiary/aromatic N) is 2. The van der Waals surface area contributed by atoms with E-state index < -0.39 is 0 Å². The van der Waals surface area contributed by atoms with Crippen LogP contribution in [0, 0.1) is 0 Å². The molecule has 2 rings (SSSR count). The molecule has 0 saturated carbocycles. The lowest BCUT2D eigenvalue weighted by Gasteiger charge is -2.49. The van der Waals surface area contributed by atoms with Crippen molar-refractivity contribution < 1.29 is 0 Å². The fourth-order valence-corrected chi connectivity index (χ4v) is 4.81.